The summed E-state index contributed by atoms with van der Waals surface area (Å²) in [6.07, 6.45) is 3.06. The highest BCUT2D eigenvalue weighted by atomic mass is 16.4. The predicted octanol–water partition coefficient (Wildman–Crippen LogP) is 4.13. The van der Waals surface area contributed by atoms with Gasteiger partial charge in [0.25, 0.3) is 0 Å². The fraction of sp³-hybridized carbons (Fsp3) is 0.818. The van der Waals surface area contributed by atoms with E-state index in [1.165, 1.54) is 0 Å². The summed E-state index contributed by atoms with van der Waals surface area (Å²) in [6.45, 7) is 13.4. The van der Waals surface area contributed by atoms with Gasteiger partial charge in [0, 0.05) is 0 Å². The minimum Gasteiger partial charge on any atom is -0.563 e. The molecule has 0 aliphatic carbocycles. The van der Waals surface area contributed by atoms with Crippen LogP contribution in [0.1, 0.15) is 48.0 Å². The van der Waals surface area contributed by atoms with Gasteiger partial charge in [0.05, 0.1) is 5.76 Å². The van der Waals surface area contributed by atoms with Gasteiger partial charge >= 0.3 is 6.92 Å². The zero-order valence-electron chi connectivity index (χ0n) is 9.92. The zero-order chi connectivity index (χ0) is 10.4. The van der Waals surface area contributed by atoms with E-state index in [1.807, 2.05) is 6.92 Å². The van der Waals surface area contributed by atoms with Crippen LogP contribution >= 0.6 is 0 Å². The maximum Gasteiger partial charge on any atom is 0.362 e. The van der Waals surface area contributed by atoms with Crippen molar-refractivity contribution in [3.8, 4) is 0 Å². The summed E-state index contributed by atoms with van der Waals surface area (Å²) in [5, 5.41) is 0. The standard InChI is InChI=1S/C11H23BO/c1-7-11(8-2)13-12(9(3)4)10(5)6/h7,9-10H,8H2,1-6H3/b11-7-. The van der Waals surface area contributed by atoms with Gasteiger partial charge in [0.2, 0.25) is 0 Å². The largest absolute Gasteiger partial charge is 0.563 e. The van der Waals surface area contributed by atoms with E-state index in [0.29, 0.717) is 18.6 Å². The lowest BCUT2D eigenvalue weighted by Gasteiger charge is -2.23. The summed E-state index contributed by atoms with van der Waals surface area (Å²) in [6, 6.07) is 0. The number of rotatable bonds is 5. The Morgan fingerprint density at radius 3 is 1.92 bits per heavy atom. The molecule has 2 heteroatoms. The van der Waals surface area contributed by atoms with E-state index in [0.717, 1.165) is 12.2 Å². The first-order chi connectivity index (χ1) is 6.02. The molecule has 0 bridgehead atoms. The van der Waals surface area contributed by atoms with E-state index in [2.05, 4.69) is 40.7 Å². The lowest BCUT2D eigenvalue weighted by Crippen LogP contribution is -2.25. The minimum absolute atomic E-state index is 0.353. The van der Waals surface area contributed by atoms with Crippen molar-refractivity contribution < 1.29 is 4.65 Å². The number of allylic oxidation sites excluding steroid dienone is 2. The monoisotopic (exact) mass is 182 g/mol. The summed E-state index contributed by atoms with van der Waals surface area (Å²) in [4.78, 5) is 0. The smallest absolute Gasteiger partial charge is 0.362 e. The van der Waals surface area contributed by atoms with Crippen LogP contribution in [0, 0.1) is 0 Å². The molecule has 0 amide bonds. The van der Waals surface area contributed by atoms with E-state index in [-0.39, 0.29) is 0 Å². The minimum atomic E-state index is 0.353. The Morgan fingerprint density at radius 1 is 1.23 bits per heavy atom. The molecule has 0 N–H and O–H groups in total. The van der Waals surface area contributed by atoms with Gasteiger partial charge in [-0.05, 0) is 25.0 Å². The molecule has 13 heavy (non-hydrogen) atoms. The molecule has 0 fully saturated rings. The zero-order valence-corrected chi connectivity index (χ0v) is 9.92. The molecular formula is C11H23BO. The lowest BCUT2D eigenvalue weighted by atomic mass is 9.49. The van der Waals surface area contributed by atoms with Crippen LogP contribution in [0.2, 0.25) is 11.6 Å². The van der Waals surface area contributed by atoms with E-state index < -0.39 is 0 Å². The second-order valence-electron chi connectivity index (χ2n) is 4.18. The average Bonchev–Trinajstić information content (AvgIpc) is 2.05. The topological polar surface area (TPSA) is 9.23 Å². The second-order valence-corrected chi connectivity index (χ2v) is 4.18. The third kappa shape index (κ3) is 4.40. The van der Waals surface area contributed by atoms with Gasteiger partial charge in [-0.1, -0.05) is 40.7 Å². The van der Waals surface area contributed by atoms with Crippen molar-refractivity contribution in [3.63, 3.8) is 0 Å². The SMILES string of the molecule is C/C=C(/CC)OB(C(C)C)C(C)C. The van der Waals surface area contributed by atoms with Gasteiger partial charge in [-0.25, -0.2) is 0 Å². The van der Waals surface area contributed by atoms with Crippen LogP contribution in [0.4, 0.5) is 0 Å². The van der Waals surface area contributed by atoms with Gasteiger partial charge < -0.3 is 4.65 Å². The fourth-order valence-electron chi connectivity index (χ4n) is 1.57. The first-order valence-corrected chi connectivity index (χ1v) is 5.34. The summed E-state index contributed by atoms with van der Waals surface area (Å²) in [5.74, 6) is 2.29. The fourth-order valence-corrected chi connectivity index (χ4v) is 1.57. The van der Waals surface area contributed by atoms with Crippen molar-refractivity contribution >= 4 is 6.92 Å². The van der Waals surface area contributed by atoms with E-state index in [4.69, 9.17) is 4.65 Å². The molecule has 0 heterocycles. The molecule has 76 valence electrons. The first kappa shape index (κ1) is 12.6. The maximum atomic E-state index is 5.93. The first-order valence-electron chi connectivity index (χ1n) is 5.34. The summed E-state index contributed by atoms with van der Waals surface area (Å²) < 4.78 is 5.93. The number of hydrogen-bond acceptors (Lipinski definition) is 1. The molecule has 0 saturated heterocycles. The van der Waals surface area contributed by atoms with Crippen molar-refractivity contribution in [2.75, 3.05) is 0 Å². The van der Waals surface area contributed by atoms with Gasteiger partial charge in [-0.15, -0.1) is 0 Å². The van der Waals surface area contributed by atoms with Crippen LogP contribution < -0.4 is 0 Å². The Morgan fingerprint density at radius 2 is 1.69 bits per heavy atom. The van der Waals surface area contributed by atoms with Crippen molar-refractivity contribution in [2.24, 2.45) is 0 Å². The van der Waals surface area contributed by atoms with Gasteiger partial charge in [0.1, 0.15) is 0 Å². The third-order valence-electron chi connectivity index (χ3n) is 2.27. The Balaban J connectivity index is 4.25. The molecule has 0 radical (unpaired) electrons. The Bertz CT molecular complexity index is 153. The van der Waals surface area contributed by atoms with Crippen LogP contribution in [-0.4, -0.2) is 6.92 Å². The average molecular weight is 182 g/mol. The molecule has 0 aromatic rings. The van der Waals surface area contributed by atoms with E-state index >= 15 is 0 Å². The third-order valence-corrected chi connectivity index (χ3v) is 2.27. The van der Waals surface area contributed by atoms with Crippen molar-refractivity contribution in [2.45, 2.75) is 59.6 Å². The Kier molecular flexibility index (Phi) is 5.93. The number of hydrogen-bond donors (Lipinski definition) is 0. The molecule has 0 spiro atoms. The molecule has 0 aliphatic heterocycles. The Hall–Kier alpha value is -0.395. The van der Waals surface area contributed by atoms with Gasteiger partial charge in [-0.3, -0.25) is 0 Å². The molecule has 0 unspecified atom stereocenters. The van der Waals surface area contributed by atoms with Crippen LogP contribution in [0.5, 0.6) is 0 Å². The molecule has 0 atom stereocenters. The summed E-state index contributed by atoms with van der Waals surface area (Å²) in [7, 11) is 0. The molecule has 0 aliphatic rings. The van der Waals surface area contributed by atoms with Crippen LogP contribution in [-0.2, 0) is 4.65 Å². The molecule has 1 nitrogen and oxygen atoms in total. The van der Waals surface area contributed by atoms with E-state index in [9.17, 15) is 0 Å². The Labute approximate surface area is 83.7 Å². The van der Waals surface area contributed by atoms with Crippen LogP contribution in [0.3, 0.4) is 0 Å². The maximum absolute atomic E-state index is 5.93. The molecule has 0 rings (SSSR count). The quantitative estimate of drug-likeness (QED) is 0.458. The summed E-state index contributed by atoms with van der Waals surface area (Å²) >= 11 is 0. The highest BCUT2D eigenvalue weighted by Crippen LogP contribution is 2.23. The lowest BCUT2D eigenvalue weighted by molar-refractivity contribution is 0.396. The van der Waals surface area contributed by atoms with Crippen molar-refractivity contribution in [1.29, 1.82) is 0 Å². The van der Waals surface area contributed by atoms with E-state index in [1.54, 1.807) is 0 Å². The van der Waals surface area contributed by atoms with Crippen molar-refractivity contribution in [1.82, 2.24) is 0 Å². The van der Waals surface area contributed by atoms with Gasteiger partial charge in [-0.2, -0.15) is 0 Å². The molecular weight excluding hydrogens is 159 g/mol. The normalized spacial score (nSPS) is 12.5. The predicted molar refractivity (Wildman–Crippen MR) is 61.1 cm³/mol. The molecule has 0 saturated carbocycles. The molecule has 0 aromatic carbocycles. The summed E-state index contributed by atoms with van der Waals surface area (Å²) in [5.41, 5.74) is 0. The second kappa shape index (κ2) is 6.12. The van der Waals surface area contributed by atoms with Gasteiger partial charge in [0.15, 0.2) is 0 Å². The van der Waals surface area contributed by atoms with Crippen LogP contribution in [0.15, 0.2) is 11.8 Å². The highest BCUT2D eigenvalue weighted by molar-refractivity contribution is 6.55. The highest BCUT2D eigenvalue weighted by Gasteiger charge is 2.26. The van der Waals surface area contributed by atoms with Crippen molar-refractivity contribution in [3.05, 3.63) is 11.8 Å². The molecule has 0 aromatic heterocycles. The van der Waals surface area contributed by atoms with Crippen LogP contribution in [0.25, 0.3) is 0 Å².